The topological polar surface area (TPSA) is 57.6 Å². The summed E-state index contributed by atoms with van der Waals surface area (Å²) in [6.07, 6.45) is 5.18. The summed E-state index contributed by atoms with van der Waals surface area (Å²) in [6, 6.07) is 14.2. The molecule has 0 bridgehead atoms. The summed E-state index contributed by atoms with van der Waals surface area (Å²) in [4.78, 5) is 0.232. The molecule has 0 saturated carbocycles. The van der Waals surface area contributed by atoms with Crippen molar-refractivity contribution >= 4 is 27.7 Å². The second-order valence-corrected chi connectivity index (χ2v) is 9.36. The molecule has 2 aromatic carbocycles. The molecule has 0 saturated heterocycles. The normalized spacial score (nSPS) is 13.3. The minimum Gasteiger partial charge on any atom is -0.396 e. The molecule has 4 nitrogen and oxygen atoms in total. The minimum atomic E-state index is -3.63. The van der Waals surface area contributed by atoms with Gasteiger partial charge in [-0.3, -0.25) is 0 Å². The van der Waals surface area contributed by atoms with Crippen molar-refractivity contribution in [1.29, 1.82) is 0 Å². The number of halogens is 1. The van der Waals surface area contributed by atoms with Gasteiger partial charge in [-0.15, -0.1) is 0 Å². The number of aliphatic hydroxyl groups is 1. The molecular weight excluding hydrogens is 394 g/mol. The van der Waals surface area contributed by atoms with E-state index in [0.29, 0.717) is 24.4 Å². The van der Waals surface area contributed by atoms with E-state index in [2.05, 4.69) is 0 Å². The fourth-order valence-electron chi connectivity index (χ4n) is 2.87. The molecule has 0 amide bonds. The van der Waals surface area contributed by atoms with Gasteiger partial charge < -0.3 is 5.11 Å². The summed E-state index contributed by atoms with van der Waals surface area (Å²) < 4.78 is 27.7. The third-order valence-electron chi connectivity index (χ3n) is 4.74. The van der Waals surface area contributed by atoms with Crippen molar-refractivity contribution in [3.8, 4) is 0 Å². The molecule has 0 aromatic heterocycles. The van der Waals surface area contributed by atoms with Gasteiger partial charge in [0.2, 0.25) is 10.0 Å². The highest BCUT2D eigenvalue weighted by Crippen LogP contribution is 2.20. The third kappa shape index (κ3) is 6.45. The van der Waals surface area contributed by atoms with E-state index in [4.69, 9.17) is 16.7 Å². The number of sulfonamides is 1. The smallest absolute Gasteiger partial charge is 0.243 e. The number of aliphatic hydroxyl groups excluding tert-OH is 1. The maximum atomic E-state index is 13.1. The molecule has 0 aliphatic heterocycles. The average molecular weight is 422 g/mol. The Morgan fingerprint density at radius 3 is 2.43 bits per heavy atom. The average Bonchev–Trinajstić information content (AvgIpc) is 2.66. The van der Waals surface area contributed by atoms with Crippen LogP contribution in [-0.2, 0) is 10.0 Å². The van der Waals surface area contributed by atoms with E-state index < -0.39 is 10.0 Å². The Bertz CT molecular complexity index is 879. The number of hydrogen-bond acceptors (Lipinski definition) is 3. The van der Waals surface area contributed by atoms with E-state index in [9.17, 15) is 8.42 Å². The zero-order valence-electron chi connectivity index (χ0n) is 16.4. The largest absolute Gasteiger partial charge is 0.396 e. The van der Waals surface area contributed by atoms with Crippen LogP contribution in [0.5, 0.6) is 0 Å². The highest BCUT2D eigenvalue weighted by Gasteiger charge is 2.23. The second-order valence-electron chi connectivity index (χ2n) is 6.98. The lowest BCUT2D eigenvalue weighted by molar-refractivity contribution is 0.253. The monoisotopic (exact) mass is 421 g/mol. The summed E-state index contributed by atoms with van der Waals surface area (Å²) in [6.45, 7) is 4.83. The molecule has 0 unspecified atom stereocenters. The molecule has 0 spiro atoms. The van der Waals surface area contributed by atoms with Crippen LogP contribution in [0.2, 0.25) is 5.02 Å². The van der Waals surface area contributed by atoms with Gasteiger partial charge in [0.05, 0.1) is 4.90 Å². The molecule has 1 N–H and O–H groups in total. The molecule has 1 atom stereocenters. The number of hydrogen-bond donors (Lipinski definition) is 1. The first kappa shape index (κ1) is 22.6. The predicted octanol–water partition coefficient (Wildman–Crippen LogP) is 4.76. The molecule has 6 heteroatoms. The Kier molecular flexibility index (Phi) is 8.70. The van der Waals surface area contributed by atoms with E-state index in [-0.39, 0.29) is 24.0 Å². The lowest BCUT2D eigenvalue weighted by Gasteiger charge is -2.22. The fourth-order valence-corrected chi connectivity index (χ4v) is 4.40. The molecule has 0 heterocycles. The van der Waals surface area contributed by atoms with Gasteiger partial charge in [0.1, 0.15) is 0 Å². The van der Waals surface area contributed by atoms with Crippen LogP contribution in [0.4, 0.5) is 0 Å². The maximum absolute atomic E-state index is 13.1. The molecule has 0 radical (unpaired) electrons. The molecule has 2 rings (SSSR count). The van der Waals surface area contributed by atoms with Crippen LogP contribution < -0.4 is 0 Å². The van der Waals surface area contributed by atoms with Gasteiger partial charge in [0, 0.05) is 24.7 Å². The summed E-state index contributed by atoms with van der Waals surface area (Å²) in [7, 11) is -3.63. The predicted molar refractivity (Wildman–Crippen MR) is 116 cm³/mol. The summed E-state index contributed by atoms with van der Waals surface area (Å²) in [5.74, 6) is 0.244. The lowest BCUT2D eigenvalue weighted by atomic mass is 10.0. The van der Waals surface area contributed by atoms with Gasteiger partial charge in [-0.2, -0.15) is 4.31 Å². The highest BCUT2D eigenvalue weighted by atomic mass is 35.5. The van der Waals surface area contributed by atoms with Crippen LogP contribution in [0, 0.1) is 12.8 Å². The molecule has 152 valence electrons. The van der Waals surface area contributed by atoms with E-state index >= 15 is 0 Å². The van der Waals surface area contributed by atoms with E-state index in [0.717, 1.165) is 11.1 Å². The number of nitrogens with zero attached hydrogens (tertiary/aromatic N) is 1. The van der Waals surface area contributed by atoms with Crippen molar-refractivity contribution in [2.75, 3.05) is 19.7 Å². The van der Waals surface area contributed by atoms with E-state index in [1.807, 2.05) is 50.3 Å². The first-order valence-corrected chi connectivity index (χ1v) is 11.2. The Morgan fingerprint density at radius 1 is 1.11 bits per heavy atom. The third-order valence-corrected chi connectivity index (χ3v) is 6.87. The van der Waals surface area contributed by atoms with Crippen LogP contribution in [0.3, 0.4) is 0 Å². The Morgan fingerprint density at radius 2 is 1.79 bits per heavy atom. The lowest BCUT2D eigenvalue weighted by Crippen LogP contribution is -2.33. The Hall–Kier alpha value is -1.66. The first-order valence-electron chi connectivity index (χ1n) is 9.43. The number of aryl methyl sites for hydroxylation is 1. The summed E-state index contributed by atoms with van der Waals surface area (Å²) >= 11 is 5.90. The van der Waals surface area contributed by atoms with Gasteiger partial charge in [0.25, 0.3) is 0 Å². The van der Waals surface area contributed by atoms with Crippen molar-refractivity contribution in [2.24, 2.45) is 5.92 Å². The van der Waals surface area contributed by atoms with Gasteiger partial charge >= 0.3 is 0 Å². The van der Waals surface area contributed by atoms with Crippen LogP contribution in [-0.4, -0.2) is 37.5 Å². The summed E-state index contributed by atoms with van der Waals surface area (Å²) in [5, 5.41) is 9.61. The Balaban J connectivity index is 2.20. The zero-order valence-corrected chi connectivity index (χ0v) is 18.0. The highest BCUT2D eigenvalue weighted by molar-refractivity contribution is 7.89. The number of benzene rings is 2. The molecule has 0 aliphatic carbocycles. The SMILES string of the molecule is Cc1ccccc1C=CCN(CC[C@@H](C)CCO)S(=O)(=O)c1ccc(Cl)cc1. The van der Waals surface area contributed by atoms with Crippen LogP contribution in [0.15, 0.2) is 59.5 Å². The van der Waals surface area contributed by atoms with Crippen molar-refractivity contribution in [1.82, 2.24) is 4.31 Å². The minimum absolute atomic E-state index is 0.109. The van der Waals surface area contributed by atoms with E-state index in [1.54, 1.807) is 12.1 Å². The molecular formula is C22H28ClNO3S. The van der Waals surface area contributed by atoms with Crippen molar-refractivity contribution < 1.29 is 13.5 Å². The summed E-state index contributed by atoms with van der Waals surface area (Å²) in [5.41, 5.74) is 2.21. The second kappa shape index (κ2) is 10.8. The first-order chi connectivity index (χ1) is 13.3. The standard InChI is InChI=1S/C22H28ClNO3S/c1-18(14-17-25)13-16-24(15-5-8-20-7-4-3-6-19(20)2)28(26,27)22-11-9-21(23)10-12-22/h3-12,18,25H,13-17H2,1-2H3/t18-/m1/s1. The van der Waals surface area contributed by atoms with Gasteiger partial charge in [-0.1, -0.05) is 54.9 Å². The Labute approximate surface area is 173 Å². The van der Waals surface area contributed by atoms with Crippen LogP contribution >= 0.6 is 11.6 Å². The fraction of sp³-hybridized carbons (Fsp3) is 0.364. The molecule has 2 aromatic rings. The van der Waals surface area contributed by atoms with Crippen molar-refractivity contribution in [3.63, 3.8) is 0 Å². The molecule has 0 fully saturated rings. The van der Waals surface area contributed by atoms with Crippen molar-refractivity contribution in [2.45, 2.75) is 31.6 Å². The number of rotatable bonds is 10. The van der Waals surface area contributed by atoms with Crippen LogP contribution in [0.1, 0.15) is 30.9 Å². The van der Waals surface area contributed by atoms with E-state index in [1.165, 1.54) is 16.4 Å². The van der Waals surface area contributed by atoms with Gasteiger partial charge in [-0.25, -0.2) is 8.42 Å². The zero-order chi connectivity index (χ0) is 20.6. The van der Waals surface area contributed by atoms with Crippen molar-refractivity contribution in [3.05, 3.63) is 70.8 Å². The quantitative estimate of drug-likeness (QED) is 0.601. The molecule has 28 heavy (non-hydrogen) atoms. The van der Waals surface area contributed by atoms with Crippen LogP contribution in [0.25, 0.3) is 6.08 Å². The van der Waals surface area contributed by atoms with Gasteiger partial charge in [-0.05, 0) is 61.1 Å². The van der Waals surface area contributed by atoms with Gasteiger partial charge in [0.15, 0.2) is 0 Å². The maximum Gasteiger partial charge on any atom is 0.243 e. The molecule has 0 aliphatic rings.